The monoisotopic (exact) mass is 155 g/mol. The zero-order chi connectivity index (χ0) is 7.73. The Kier molecular flexibility index (Phi) is 1.90. The minimum atomic E-state index is 0.577. The van der Waals surface area contributed by atoms with E-state index in [4.69, 9.17) is 4.74 Å². The van der Waals surface area contributed by atoms with Gasteiger partial charge in [-0.25, -0.2) is 0 Å². The van der Waals surface area contributed by atoms with Crippen LogP contribution in [0, 0.1) is 5.41 Å². The fourth-order valence-corrected chi connectivity index (χ4v) is 2.44. The molecule has 2 nitrogen and oxygen atoms in total. The maximum atomic E-state index is 5.29. The van der Waals surface area contributed by atoms with E-state index in [0.29, 0.717) is 11.5 Å². The highest BCUT2D eigenvalue weighted by molar-refractivity contribution is 4.96. The van der Waals surface area contributed by atoms with Crippen molar-refractivity contribution < 1.29 is 4.74 Å². The van der Waals surface area contributed by atoms with Crippen LogP contribution in [0.25, 0.3) is 0 Å². The van der Waals surface area contributed by atoms with Crippen molar-refractivity contribution >= 4 is 0 Å². The third kappa shape index (κ3) is 1.30. The van der Waals surface area contributed by atoms with E-state index in [0.717, 1.165) is 0 Å². The summed E-state index contributed by atoms with van der Waals surface area (Å²) in [6.07, 6.45) is 5.93. The molecule has 2 fully saturated rings. The van der Waals surface area contributed by atoms with Crippen molar-refractivity contribution in [3.05, 3.63) is 0 Å². The Labute approximate surface area is 68.3 Å². The van der Waals surface area contributed by atoms with Crippen molar-refractivity contribution in [1.82, 2.24) is 5.32 Å². The Morgan fingerprint density at radius 3 is 2.45 bits per heavy atom. The Hall–Kier alpha value is -0.0800. The van der Waals surface area contributed by atoms with Crippen LogP contribution in [0.5, 0.6) is 0 Å². The van der Waals surface area contributed by atoms with Gasteiger partial charge in [0.15, 0.2) is 0 Å². The van der Waals surface area contributed by atoms with Gasteiger partial charge in [0.1, 0.15) is 0 Å². The van der Waals surface area contributed by atoms with E-state index in [2.05, 4.69) is 5.32 Å². The van der Waals surface area contributed by atoms with Gasteiger partial charge in [-0.3, -0.25) is 0 Å². The van der Waals surface area contributed by atoms with Gasteiger partial charge in [0.05, 0.1) is 6.10 Å². The van der Waals surface area contributed by atoms with E-state index < -0.39 is 0 Å². The summed E-state index contributed by atoms with van der Waals surface area (Å²) < 4.78 is 5.29. The van der Waals surface area contributed by atoms with Gasteiger partial charge in [-0.1, -0.05) is 0 Å². The van der Waals surface area contributed by atoms with Crippen LogP contribution in [-0.4, -0.2) is 26.3 Å². The van der Waals surface area contributed by atoms with Gasteiger partial charge < -0.3 is 10.1 Å². The molecule has 64 valence electrons. The Morgan fingerprint density at radius 1 is 1.27 bits per heavy atom. The zero-order valence-corrected chi connectivity index (χ0v) is 7.23. The summed E-state index contributed by atoms with van der Waals surface area (Å²) in [6.45, 7) is 2.44. The van der Waals surface area contributed by atoms with Crippen molar-refractivity contribution in [2.45, 2.75) is 31.8 Å². The molecule has 0 aromatic rings. The summed E-state index contributed by atoms with van der Waals surface area (Å²) in [5.74, 6) is 0. The van der Waals surface area contributed by atoms with E-state index in [1.54, 1.807) is 0 Å². The lowest BCUT2D eigenvalue weighted by atomic mass is 9.62. The molecular formula is C9H17NO. The SMILES string of the molecule is COC1CC2(CCNCC2)C1. The maximum Gasteiger partial charge on any atom is 0.0582 e. The molecule has 0 aromatic heterocycles. The number of hydrogen-bond acceptors (Lipinski definition) is 2. The highest BCUT2D eigenvalue weighted by Gasteiger charge is 2.44. The lowest BCUT2D eigenvalue weighted by Crippen LogP contribution is -2.48. The standard InChI is InChI=1S/C9H17NO/c1-11-8-6-9(7-8)2-4-10-5-3-9/h8,10H,2-7H2,1H3. The van der Waals surface area contributed by atoms with Crippen LogP contribution in [0.2, 0.25) is 0 Å². The predicted octanol–water partition coefficient (Wildman–Crippen LogP) is 1.16. The fraction of sp³-hybridized carbons (Fsp3) is 1.00. The van der Waals surface area contributed by atoms with E-state index in [9.17, 15) is 0 Å². The number of methoxy groups -OCH3 is 1. The molecule has 0 radical (unpaired) electrons. The van der Waals surface area contributed by atoms with Crippen LogP contribution < -0.4 is 5.32 Å². The van der Waals surface area contributed by atoms with Gasteiger partial charge in [-0.15, -0.1) is 0 Å². The fourth-order valence-electron chi connectivity index (χ4n) is 2.44. The summed E-state index contributed by atoms with van der Waals surface area (Å²) in [4.78, 5) is 0. The molecule has 2 rings (SSSR count). The average Bonchev–Trinajstić information content (AvgIpc) is 2.01. The van der Waals surface area contributed by atoms with Crippen LogP contribution in [0.1, 0.15) is 25.7 Å². The maximum absolute atomic E-state index is 5.29. The molecule has 1 saturated carbocycles. The van der Waals surface area contributed by atoms with Gasteiger partial charge in [-0.05, 0) is 44.2 Å². The minimum Gasteiger partial charge on any atom is -0.381 e. The molecule has 2 heteroatoms. The van der Waals surface area contributed by atoms with Gasteiger partial charge in [0.25, 0.3) is 0 Å². The second-order valence-corrected chi connectivity index (χ2v) is 4.02. The van der Waals surface area contributed by atoms with Gasteiger partial charge in [0.2, 0.25) is 0 Å². The first kappa shape index (κ1) is 7.56. The van der Waals surface area contributed by atoms with E-state index in [-0.39, 0.29) is 0 Å². The minimum absolute atomic E-state index is 0.577. The van der Waals surface area contributed by atoms with Gasteiger partial charge in [-0.2, -0.15) is 0 Å². The molecule has 1 heterocycles. The molecule has 1 saturated heterocycles. The quantitative estimate of drug-likeness (QED) is 0.613. The number of ether oxygens (including phenoxy) is 1. The molecule has 2 aliphatic rings. The van der Waals surface area contributed by atoms with E-state index in [1.165, 1.54) is 38.8 Å². The highest BCUT2D eigenvalue weighted by Crippen LogP contribution is 2.48. The van der Waals surface area contributed by atoms with Gasteiger partial charge in [0, 0.05) is 7.11 Å². The second kappa shape index (κ2) is 2.76. The Bertz CT molecular complexity index is 132. The largest absolute Gasteiger partial charge is 0.381 e. The summed E-state index contributed by atoms with van der Waals surface area (Å²) >= 11 is 0. The molecule has 1 spiro atoms. The van der Waals surface area contributed by atoms with Crippen molar-refractivity contribution in [2.24, 2.45) is 5.41 Å². The molecule has 0 aromatic carbocycles. The summed E-state index contributed by atoms with van der Waals surface area (Å²) in [7, 11) is 1.83. The lowest BCUT2D eigenvalue weighted by molar-refractivity contribution is -0.0735. The smallest absolute Gasteiger partial charge is 0.0582 e. The molecule has 1 aliphatic carbocycles. The topological polar surface area (TPSA) is 21.3 Å². The Balaban J connectivity index is 1.84. The van der Waals surface area contributed by atoms with Crippen LogP contribution in [0.3, 0.4) is 0 Å². The van der Waals surface area contributed by atoms with Crippen molar-refractivity contribution in [3.8, 4) is 0 Å². The van der Waals surface area contributed by atoms with Crippen LogP contribution in [-0.2, 0) is 4.74 Å². The average molecular weight is 155 g/mol. The van der Waals surface area contributed by atoms with Crippen molar-refractivity contribution in [2.75, 3.05) is 20.2 Å². The molecule has 0 bridgehead atoms. The first-order chi connectivity index (χ1) is 5.35. The first-order valence-corrected chi connectivity index (χ1v) is 4.58. The number of rotatable bonds is 1. The number of hydrogen-bond donors (Lipinski definition) is 1. The second-order valence-electron chi connectivity index (χ2n) is 4.02. The van der Waals surface area contributed by atoms with Crippen molar-refractivity contribution in [1.29, 1.82) is 0 Å². The van der Waals surface area contributed by atoms with Crippen LogP contribution in [0.4, 0.5) is 0 Å². The van der Waals surface area contributed by atoms with E-state index >= 15 is 0 Å². The molecule has 0 atom stereocenters. The third-order valence-electron chi connectivity index (χ3n) is 3.32. The lowest BCUT2D eigenvalue weighted by Gasteiger charge is -2.49. The van der Waals surface area contributed by atoms with E-state index in [1.807, 2.05) is 7.11 Å². The number of piperidine rings is 1. The molecule has 0 amide bonds. The normalized spacial score (nSPS) is 30.3. The predicted molar refractivity (Wildman–Crippen MR) is 44.6 cm³/mol. The molecule has 1 N–H and O–H groups in total. The molecular weight excluding hydrogens is 138 g/mol. The Morgan fingerprint density at radius 2 is 1.91 bits per heavy atom. The first-order valence-electron chi connectivity index (χ1n) is 4.58. The summed E-state index contributed by atoms with van der Waals surface area (Å²) in [5, 5.41) is 3.40. The van der Waals surface area contributed by atoms with Crippen LogP contribution >= 0.6 is 0 Å². The summed E-state index contributed by atoms with van der Waals surface area (Å²) in [6, 6.07) is 0. The summed E-state index contributed by atoms with van der Waals surface area (Å²) in [5.41, 5.74) is 0.686. The molecule has 11 heavy (non-hydrogen) atoms. The number of nitrogens with one attached hydrogen (secondary N) is 1. The zero-order valence-electron chi connectivity index (χ0n) is 7.23. The van der Waals surface area contributed by atoms with Gasteiger partial charge >= 0.3 is 0 Å². The van der Waals surface area contributed by atoms with Crippen LogP contribution in [0.15, 0.2) is 0 Å². The highest BCUT2D eigenvalue weighted by atomic mass is 16.5. The van der Waals surface area contributed by atoms with Crippen molar-refractivity contribution in [3.63, 3.8) is 0 Å². The molecule has 1 aliphatic heterocycles. The third-order valence-corrected chi connectivity index (χ3v) is 3.32. The molecule has 0 unspecified atom stereocenters.